The zero-order chi connectivity index (χ0) is 24.2. The first kappa shape index (κ1) is 24.5. The zero-order valence-electron chi connectivity index (χ0n) is 17.7. The fourth-order valence-corrected chi connectivity index (χ4v) is 6.89. The number of hydrogen-bond acceptors (Lipinski definition) is 7. The van der Waals surface area contributed by atoms with Gasteiger partial charge in [-0.1, -0.05) is 54.6 Å². The molecule has 0 fully saturated rings. The van der Waals surface area contributed by atoms with E-state index in [-0.39, 0.29) is 17.9 Å². The summed E-state index contributed by atoms with van der Waals surface area (Å²) < 4.78 is 62.9. The number of hydrogen-bond donors (Lipinski definition) is 3. The number of nitrogens with one attached hydrogen (secondary N) is 2. The Kier molecular flexibility index (Phi) is 7.45. The predicted octanol–water partition coefficient (Wildman–Crippen LogP) is 4.49. The van der Waals surface area contributed by atoms with Crippen LogP contribution in [0.4, 0.5) is 5.69 Å². The van der Waals surface area contributed by atoms with Gasteiger partial charge in [0.1, 0.15) is 5.01 Å². The van der Waals surface area contributed by atoms with E-state index in [1.165, 1.54) is 28.7 Å². The van der Waals surface area contributed by atoms with E-state index in [1.54, 1.807) is 47.8 Å². The molecular formula is C22H21N3O5S4. The second-order valence-corrected chi connectivity index (χ2v) is 12.1. The Morgan fingerprint density at radius 1 is 0.912 bits per heavy atom. The van der Waals surface area contributed by atoms with E-state index in [9.17, 15) is 21.4 Å². The van der Waals surface area contributed by atoms with Crippen LogP contribution in [-0.2, 0) is 32.5 Å². The van der Waals surface area contributed by atoms with Crippen LogP contribution in [0.5, 0.6) is 0 Å². The Labute approximate surface area is 206 Å². The molecule has 0 spiro atoms. The molecule has 2 heterocycles. The van der Waals surface area contributed by atoms with Gasteiger partial charge in [0, 0.05) is 5.38 Å². The molecule has 12 heteroatoms. The molecule has 0 saturated carbocycles. The maximum atomic E-state index is 13.0. The van der Waals surface area contributed by atoms with Gasteiger partial charge in [0.15, 0.2) is 0 Å². The lowest BCUT2D eigenvalue weighted by atomic mass is 10.0. The molecule has 4 rings (SSSR count). The van der Waals surface area contributed by atoms with Crippen LogP contribution < -0.4 is 9.44 Å². The van der Waals surface area contributed by atoms with Crippen LogP contribution in [0.15, 0.2) is 77.5 Å². The monoisotopic (exact) mass is 535 g/mol. The molecule has 0 aliphatic carbocycles. The van der Waals surface area contributed by atoms with E-state index in [2.05, 4.69) is 14.4 Å². The van der Waals surface area contributed by atoms with Crippen LogP contribution in [0.1, 0.15) is 22.9 Å². The van der Waals surface area contributed by atoms with Crippen molar-refractivity contribution in [3.8, 4) is 9.88 Å². The van der Waals surface area contributed by atoms with Crippen molar-refractivity contribution in [3.63, 3.8) is 0 Å². The molecule has 0 amide bonds. The summed E-state index contributed by atoms with van der Waals surface area (Å²) in [4.78, 5) is 5.63. The molecule has 8 nitrogen and oxygen atoms in total. The molecule has 0 aliphatic rings. The molecule has 1 atom stereocenters. The summed E-state index contributed by atoms with van der Waals surface area (Å²) in [5, 5.41) is 4.50. The van der Waals surface area contributed by atoms with Gasteiger partial charge in [-0.05, 0) is 35.1 Å². The normalized spacial score (nSPS) is 13.0. The zero-order valence-corrected chi connectivity index (χ0v) is 20.9. The van der Waals surface area contributed by atoms with Crippen LogP contribution in [0.2, 0.25) is 0 Å². The molecule has 0 saturated heterocycles. The molecular weight excluding hydrogens is 515 g/mol. The third kappa shape index (κ3) is 6.72. The fourth-order valence-electron chi connectivity index (χ4n) is 3.38. The second-order valence-electron chi connectivity index (χ2n) is 7.41. The van der Waals surface area contributed by atoms with E-state index >= 15 is 0 Å². The molecule has 0 bridgehead atoms. The first-order valence-electron chi connectivity index (χ1n) is 10.0. The van der Waals surface area contributed by atoms with Crippen molar-refractivity contribution in [1.29, 1.82) is 0 Å². The van der Waals surface area contributed by atoms with Gasteiger partial charge in [0.25, 0.3) is 0 Å². The molecule has 178 valence electrons. The van der Waals surface area contributed by atoms with Crippen LogP contribution in [0.3, 0.4) is 0 Å². The Balaban J connectivity index is 1.66. The highest BCUT2D eigenvalue weighted by atomic mass is 32.2. The van der Waals surface area contributed by atoms with Gasteiger partial charge in [-0.3, -0.25) is 9.27 Å². The van der Waals surface area contributed by atoms with E-state index in [0.717, 1.165) is 9.88 Å². The largest absolute Gasteiger partial charge is 0.357 e. The van der Waals surface area contributed by atoms with E-state index < -0.39 is 26.4 Å². The van der Waals surface area contributed by atoms with Gasteiger partial charge < -0.3 is 0 Å². The van der Waals surface area contributed by atoms with Crippen molar-refractivity contribution in [1.82, 2.24) is 9.71 Å². The van der Waals surface area contributed by atoms with Gasteiger partial charge in [-0.25, -0.2) is 18.1 Å². The maximum Gasteiger partial charge on any atom is 0.357 e. The third-order valence-electron chi connectivity index (χ3n) is 4.81. The Morgan fingerprint density at radius 3 is 2.35 bits per heavy atom. The van der Waals surface area contributed by atoms with Gasteiger partial charge in [-0.2, -0.15) is 8.42 Å². The third-order valence-corrected chi connectivity index (χ3v) is 8.55. The highest BCUT2D eigenvalue weighted by Gasteiger charge is 2.24. The lowest BCUT2D eigenvalue weighted by Gasteiger charge is -2.19. The number of benzene rings is 2. The highest BCUT2D eigenvalue weighted by Crippen LogP contribution is 2.32. The summed E-state index contributed by atoms with van der Waals surface area (Å²) in [5.41, 5.74) is 1.82. The van der Waals surface area contributed by atoms with Crippen LogP contribution in [0.25, 0.3) is 9.88 Å². The number of sulfonamides is 1. The van der Waals surface area contributed by atoms with Crippen molar-refractivity contribution < 1.29 is 21.4 Å². The summed E-state index contributed by atoms with van der Waals surface area (Å²) >= 11 is 2.94. The van der Waals surface area contributed by atoms with Crippen molar-refractivity contribution in [3.05, 3.63) is 94.3 Å². The topological polar surface area (TPSA) is 125 Å². The molecule has 3 N–H and O–H groups in total. The number of aromatic nitrogens is 1. The Morgan fingerprint density at radius 2 is 1.65 bits per heavy atom. The molecule has 4 aromatic rings. The summed E-state index contributed by atoms with van der Waals surface area (Å²) in [6.07, 6.45) is 0.111. The minimum absolute atomic E-state index is 0.111. The van der Waals surface area contributed by atoms with Crippen molar-refractivity contribution in [2.24, 2.45) is 0 Å². The van der Waals surface area contributed by atoms with E-state index in [4.69, 9.17) is 0 Å². The second kappa shape index (κ2) is 10.3. The Hall–Kier alpha value is -2.61. The molecule has 34 heavy (non-hydrogen) atoms. The quantitative estimate of drug-likeness (QED) is 0.257. The van der Waals surface area contributed by atoms with E-state index in [0.29, 0.717) is 16.8 Å². The van der Waals surface area contributed by atoms with Gasteiger partial charge >= 0.3 is 10.3 Å². The van der Waals surface area contributed by atoms with Crippen LogP contribution in [-0.4, -0.2) is 26.4 Å². The first-order valence-corrected chi connectivity index (χ1v) is 14.9. The van der Waals surface area contributed by atoms with Crippen molar-refractivity contribution >= 4 is 48.7 Å². The summed E-state index contributed by atoms with van der Waals surface area (Å²) in [6.45, 7) is 0. The molecule has 2 aromatic heterocycles. The number of anilines is 1. The molecule has 1 unspecified atom stereocenters. The lowest BCUT2D eigenvalue weighted by Crippen LogP contribution is -2.31. The fraction of sp³-hybridized carbons (Fsp3) is 0.136. The molecule has 0 aliphatic heterocycles. The average molecular weight is 536 g/mol. The highest BCUT2D eigenvalue weighted by molar-refractivity contribution is 7.88. The van der Waals surface area contributed by atoms with Gasteiger partial charge in [-0.15, -0.1) is 22.7 Å². The SMILES string of the molecule is O=S(=O)(O)Nc1ccccc1CC(NS(=O)(=O)Cc1ccccc1)c1csc(-c2cccs2)n1. The Bertz CT molecular complexity index is 1450. The van der Waals surface area contributed by atoms with Crippen LogP contribution >= 0.6 is 22.7 Å². The first-order chi connectivity index (χ1) is 16.2. The van der Waals surface area contributed by atoms with Crippen molar-refractivity contribution in [2.75, 3.05) is 4.72 Å². The molecule has 0 radical (unpaired) electrons. The molecule has 2 aromatic carbocycles. The number of thiophene rings is 1. The minimum Gasteiger partial charge on any atom is -0.269 e. The summed E-state index contributed by atoms with van der Waals surface area (Å²) in [5.74, 6) is -0.211. The summed E-state index contributed by atoms with van der Waals surface area (Å²) in [6, 6.07) is 18.4. The number of rotatable bonds is 10. The van der Waals surface area contributed by atoms with Gasteiger partial charge in [0.05, 0.1) is 28.1 Å². The van der Waals surface area contributed by atoms with Crippen LogP contribution in [0, 0.1) is 0 Å². The number of para-hydroxylation sites is 1. The predicted molar refractivity (Wildman–Crippen MR) is 136 cm³/mol. The summed E-state index contributed by atoms with van der Waals surface area (Å²) in [7, 11) is -8.27. The average Bonchev–Trinajstić information content (AvgIpc) is 3.46. The number of thiazole rings is 1. The number of nitrogens with zero attached hydrogens (tertiary/aromatic N) is 1. The maximum absolute atomic E-state index is 13.0. The minimum atomic E-state index is -4.50. The van der Waals surface area contributed by atoms with Gasteiger partial charge in [0.2, 0.25) is 10.0 Å². The van der Waals surface area contributed by atoms with Crippen molar-refractivity contribution in [2.45, 2.75) is 18.2 Å². The van der Waals surface area contributed by atoms with E-state index in [1.807, 2.05) is 23.6 Å². The lowest BCUT2D eigenvalue weighted by molar-refractivity contribution is 0.489. The smallest absolute Gasteiger partial charge is 0.269 e. The standard InChI is InChI=1S/C22H21N3O5S4/c26-33(27,15-16-7-2-1-3-8-16)24-19(20-14-32-22(23-20)21-11-6-12-31-21)13-17-9-4-5-10-18(17)25-34(28,29)30/h1-12,14,19,24-25H,13,15H2,(H,28,29,30).